The molecule has 1 atom stereocenters. The lowest BCUT2D eigenvalue weighted by Crippen LogP contribution is -2.45. The van der Waals surface area contributed by atoms with E-state index >= 15 is 0 Å². The van der Waals surface area contributed by atoms with Crippen molar-refractivity contribution in [2.45, 2.75) is 57.9 Å². The minimum absolute atomic E-state index is 0.00656. The van der Waals surface area contributed by atoms with Crippen LogP contribution < -0.4 is 0 Å². The van der Waals surface area contributed by atoms with Crippen molar-refractivity contribution in [2.75, 3.05) is 13.7 Å². The van der Waals surface area contributed by atoms with Gasteiger partial charge in [-0.25, -0.2) is 4.98 Å². The number of fused-ring (bicyclic) bond motifs is 3. The Balaban J connectivity index is 1.73. The summed E-state index contributed by atoms with van der Waals surface area (Å²) in [6.07, 6.45) is 4.43. The molecule has 4 aromatic rings. The van der Waals surface area contributed by atoms with Crippen molar-refractivity contribution in [3.63, 3.8) is 0 Å². The van der Waals surface area contributed by atoms with Crippen LogP contribution >= 0.6 is 0 Å². The molecule has 0 fully saturated rings. The molecule has 39 heavy (non-hydrogen) atoms. The highest BCUT2D eigenvalue weighted by molar-refractivity contribution is 5.86. The van der Waals surface area contributed by atoms with Crippen LogP contribution in [0.1, 0.15) is 69.5 Å². The lowest BCUT2D eigenvalue weighted by atomic mass is 9.78. The van der Waals surface area contributed by atoms with E-state index in [2.05, 4.69) is 156 Å². The van der Waals surface area contributed by atoms with Gasteiger partial charge < -0.3 is 9.80 Å². The first-order chi connectivity index (χ1) is 18.5. The molecule has 0 N–H and O–H groups in total. The van der Waals surface area contributed by atoms with E-state index in [1.54, 1.807) is 0 Å². The number of hydrogen-bond acceptors (Lipinski definition) is 3. The van der Waals surface area contributed by atoms with Crippen LogP contribution in [-0.2, 0) is 16.4 Å². The summed E-state index contributed by atoms with van der Waals surface area (Å²) in [5, 5.41) is 0. The fraction of sp³-hybridized carbons (Fsp3) is 0.306. The Morgan fingerprint density at radius 1 is 0.718 bits per heavy atom. The zero-order valence-electron chi connectivity index (χ0n) is 24.3. The third-order valence-electron chi connectivity index (χ3n) is 8.30. The molecule has 1 aliphatic heterocycles. The Morgan fingerprint density at radius 3 is 2.13 bits per heavy atom. The smallest absolute Gasteiger partial charge is 0.136 e. The van der Waals surface area contributed by atoms with Crippen molar-refractivity contribution in [2.24, 2.45) is 0 Å². The molecule has 2 heterocycles. The summed E-state index contributed by atoms with van der Waals surface area (Å²) in [6, 6.07) is 31.1. The molecule has 0 saturated heterocycles. The highest BCUT2D eigenvalue weighted by Crippen LogP contribution is 2.57. The quantitative estimate of drug-likeness (QED) is 0.275. The van der Waals surface area contributed by atoms with Crippen molar-refractivity contribution in [1.29, 1.82) is 0 Å². The van der Waals surface area contributed by atoms with Crippen LogP contribution in [0.5, 0.6) is 0 Å². The molecule has 0 amide bonds. The molecule has 0 bridgehead atoms. The van der Waals surface area contributed by atoms with Crippen molar-refractivity contribution in [1.82, 2.24) is 14.8 Å². The molecule has 3 nitrogen and oxygen atoms in total. The molecule has 0 radical (unpaired) electrons. The summed E-state index contributed by atoms with van der Waals surface area (Å²) in [6.45, 7) is 14.7. The van der Waals surface area contributed by atoms with Gasteiger partial charge in [-0.3, -0.25) is 0 Å². The van der Waals surface area contributed by atoms with Crippen LogP contribution in [0.25, 0.3) is 22.4 Å². The molecular formula is C36H39N3. The van der Waals surface area contributed by atoms with E-state index in [9.17, 15) is 0 Å². The highest BCUT2D eigenvalue weighted by Gasteiger charge is 2.51. The lowest BCUT2D eigenvalue weighted by Gasteiger charge is -2.41. The van der Waals surface area contributed by atoms with Gasteiger partial charge in [0.25, 0.3) is 0 Å². The standard InChI is InChI=1S/C36H39N3/c1-34(2,3)26-19-20-28-27(23-26)33-29(35(4,5)6)15-11-16-30(33)36(28,39-22-21-38(7)24-39)32-18-12-17-31(37-32)25-13-9-8-10-14-25/h8-23H,24H2,1-7H3/t36-/m1/s1. The van der Waals surface area contributed by atoms with Gasteiger partial charge in [0.05, 0.1) is 18.1 Å². The Hall–Kier alpha value is -3.85. The van der Waals surface area contributed by atoms with Crippen molar-refractivity contribution in [3.8, 4) is 22.4 Å². The van der Waals surface area contributed by atoms with E-state index in [1.807, 2.05) is 0 Å². The minimum Gasteiger partial charge on any atom is -0.362 e. The van der Waals surface area contributed by atoms with Gasteiger partial charge in [0, 0.05) is 25.0 Å². The van der Waals surface area contributed by atoms with Crippen molar-refractivity contribution < 1.29 is 0 Å². The van der Waals surface area contributed by atoms with Crippen molar-refractivity contribution >= 4 is 0 Å². The monoisotopic (exact) mass is 513 g/mol. The maximum atomic E-state index is 5.43. The van der Waals surface area contributed by atoms with Gasteiger partial charge in [-0.1, -0.05) is 114 Å². The number of benzene rings is 3. The second kappa shape index (κ2) is 8.84. The lowest BCUT2D eigenvalue weighted by molar-refractivity contribution is 0.194. The normalized spacial score (nSPS) is 18.4. The molecular weight excluding hydrogens is 474 g/mol. The zero-order valence-corrected chi connectivity index (χ0v) is 24.3. The van der Waals surface area contributed by atoms with E-state index < -0.39 is 5.54 Å². The number of rotatable bonds is 3. The third kappa shape index (κ3) is 3.98. The molecule has 1 aliphatic carbocycles. The van der Waals surface area contributed by atoms with Gasteiger partial charge in [-0.15, -0.1) is 0 Å². The van der Waals surface area contributed by atoms with E-state index in [0.29, 0.717) is 0 Å². The van der Waals surface area contributed by atoms with Gasteiger partial charge in [0.2, 0.25) is 0 Å². The molecule has 198 valence electrons. The molecule has 0 spiro atoms. The summed E-state index contributed by atoms with van der Waals surface area (Å²) in [5.41, 5.74) is 10.7. The summed E-state index contributed by atoms with van der Waals surface area (Å²) in [4.78, 5) is 10.2. The predicted octanol–water partition coefficient (Wildman–Crippen LogP) is 8.29. The Morgan fingerprint density at radius 2 is 1.46 bits per heavy atom. The van der Waals surface area contributed by atoms with Crippen LogP contribution in [0.3, 0.4) is 0 Å². The fourth-order valence-corrected chi connectivity index (χ4v) is 6.33. The van der Waals surface area contributed by atoms with Crippen molar-refractivity contribution in [3.05, 3.63) is 125 Å². The number of hydrogen-bond donors (Lipinski definition) is 0. The minimum atomic E-state index is -0.547. The van der Waals surface area contributed by atoms with Crippen LogP contribution in [0.2, 0.25) is 0 Å². The van der Waals surface area contributed by atoms with E-state index in [-0.39, 0.29) is 10.8 Å². The largest absolute Gasteiger partial charge is 0.362 e. The van der Waals surface area contributed by atoms with E-state index in [4.69, 9.17) is 4.98 Å². The second-order valence-corrected chi connectivity index (χ2v) is 13.1. The second-order valence-electron chi connectivity index (χ2n) is 13.1. The Kier molecular flexibility index (Phi) is 5.77. The summed E-state index contributed by atoms with van der Waals surface area (Å²) in [5.74, 6) is 0. The Bertz CT molecular complexity index is 1570. The first kappa shape index (κ1) is 25.4. The maximum absolute atomic E-state index is 5.43. The van der Waals surface area contributed by atoms with Crippen LogP contribution in [0.15, 0.2) is 97.3 Å². The molecule has 6 rings (SSSR count). The van der Waals surface area contributed by atoms with Crippen LogP contribution in [0, 0.1) is 0 Å². The van der Waals surface area contributed by atoms with Crippen LogP contribution in [-0.4, -0.2) is 28.5 Å². The van der Waals surface area contributed by atoms with E-state index in [1.165, 1.54) is 33.4 Å². The van der Waals surface area contributed by atoms with Gasteiger partial charge in [-0.05, 0) is 56.3 Å². The number of pyridine rings is 1. The zero-order chi connectivity index (χ0) is 27.6. The van der Waals surface area contributed by atoms with Crippen LogP contribution in [0.4, 0.5) is 0 Å². The van der Waals surface area contributed by atoms with Gasteiger partial charge in [-0.2, -0.15) is 0 Å². The highest BCUT2D eigenvalue weighted by atomic mass is 15.4. The average Bonchev–Trinajstić information content (AvgIpc) is 3.47. The van der Waals surface area contributed by atoms with Gasteiger partial charge in [0.15, 0.2) is 0 Å². The average molecular weight is 514 g/mol. The molecule has 0 unspecified atom stereocenters. The predicted molar refractivity (Wildman–Crippen MR) is 162 cm³/mol. The van der Waals surface area contributed by atoms with E-state index in [0.717, 1.165) is 23.6 Å². The first-order valence-electron chi connectivity index (χ1n) is 14.0. The Labute approximate surface area is 233 Å². The fourth-order valence-electron chi connectivity index (χ4n) is 6.33. The molecule has 1 aromatic heterocycles. The SMILES string of the molecule is CN1C=CN([C@]2(c3cccc(-c4ccccc4)n3)c3ccc(C(C)(C)C)cc3-c3c(C(C)(C)C)cccc32)C1. The summed E-state index contributed by atoms with van der Waals surface area (Å²) >= 11 is 0. The molecule has 3 heteroatoms. The first-order valence-corrected chi connectivity index (χ1v) is 14.0. The maximum Gasteiger partial charge on any atom is 0.136 e. The van der Waals surface area contributed by atoms with Gasteiger partial charge in [0.1, 0.15) is 5.54 Å². The summed E-state index contributed by atoms with van der Waals surface area (Å²) in [7, 11) is 2.14. The molecule has 3 aromatic carbocycles. The third-order valence-corrected chi connectivity index (χ3v) is 8.30. The number of nitrogens with zero attached hydrogens (tertiary/aromatic N) is 3. The molecule has 2 aliphatic rings. The van der Waals surface area contributed by atoms with Gasteiger partial charge >= 0.3 is 0 Å². The molecule has 0 saturated carbocycles. The topological polar surface area (TPSA) is 19.4 Å². The summed E-state index contributed by atoms with van der Waals surface area (Å²) < 4.78 is 0. The number of aromatic nitrogens is 1.